The van der Waals surface area contributed by atoms with E-state index in [2.05, 4.69) is 15.2 Å². The summed E-state index contributed by atoms with van der Waals surface area (Å²) in [5.74, 6) is 0.429. The van der Waals surface area contributed by atoms with Crippen molar-refractivity contribution >= 4 is 22.5 Å². The molecule has 0 aliphatic carbocycles. The van der Waals surface area contributed by atoms with Gasteiger partial charge >= 0.3 is 0 Å². The van der Waals surface area contributed by atoms with Crippen LogP contribution in [0.25, 0.3) is 10.8 Å². The fourth-order valence-corrected chi connectivity index (χ4v) is 3.74. The molecule has 0 spiro atoms. The average molecular weight is 425 g/mol. The van der Waals surface area contributed by atoms with Crippen molar-refractivity contribution in [2.24, 2.45) is 0 Å². The second kappa shape index (κ2) is 9.65. The van der Waals surface area contributed by atoms with Crippen molar-refractivity contribution in [2.45, 2.75) is 12.8 Å². The predicted octanol–water partition coefficient (Wildman–Crippen LogP) is 1.76. The molecule has 4 rings (SSSR count). The van der Waals surface area contributed by atoms with E-state index in [1.165, 1.54) is 12.3 Å². The number of halogens is 1. The van der Waals surface area contributed by atoms with Gasteiger partial charge in [0.15, 0.2) is 0 Å². The average Bonchev–Trinajstić information content (AvgIpc) is 2.80. The number of carbonyl (C=O) groups excluding carboxylic acids is 1. The van der Waals surface area contributed by atoms with Gasteiger partial charge in [0.2, 0.25) is 5.91 Å². The highest BCUT2D eigenvalue weighted by atomic mass is 19.1. The minimum Gasteiger partial charge on any atom is -0.381 e. The molecule has 1 amide bonds. The first-order valence-electron chi connectivity index (χ1n) is 10.3. The van der Waals surface area contributed by atoms with Crippen molar-refractivity contribution in [3.05, 3.63) is 64.5 Å². The molecule has 0 atom stereocenters. The van der Waals surface area contributed by atoms with Crippen LogP contribution in [-0.4, -0.2) is 65.4 Å². The van der Waals surface area contributed by atoms with E-state index in [1.807, 2.05) is 21.9 Å². The first kappa shape index (κ1) is 20.9. The van der Waals surface area contributed by atoms with Crippen LogP contribution in [0.5, 0.6) is 0 Å². The van der Waals surface area contributed by atoms with Crippen LogP contribution in [0.3, 0.4) is 0 Å². The Labute approximate surface area is 178 Å². The highest BCUT2D eigenvalue weighted by Crippen LogP contribution is 2.16. The third-order valence-electron chi connectivity index (χ3n) is 5.44. The zero-order valence-electron chi connectivity index (χ0n) is 17.1. The summed E-state index contributed by atoms with van der Waals surface area (Å²) in [7, 11) is 0. The summed E-state index contributed by atoms with van der Waals surface area (Å²) in [5.41, 5.74) is 0.786. The predicted molar refractivity (Wildman–Crippen MR) is 114 cm³/mol. The topological polar surface area (TPSA) is 91.4 Å². The lowest BCUT2D eigenvalue weighted by Gasteiger charge is -2.35. The van der Waals surface area contributed by atoms with Gasteiger partial charge in [-0.05, 0) is 30.2 Å². The number of aromatic amines is 1. The third-order valence-corrected chi connectivity index (χ3v) is 5.44. The number of hydrogen-bond donors (Lipinski definition) is 1. The Morgan fingerprint density at radius 3 is 2.68 bits per heavy atom. The molecule has 1 saturated heterocycles. The minimum absolute atomic E-state index is 0.0626. The lowest BCUT2D eigenvalue weighted by molar-refractivity contribution is -0.132. The molecule has 1 N–H and O–H groups in total. The lowest BCUT2D eigenvalue weighted by Crippen LogP contribution is -2.49. The van der Waals surface area contributed by atoms with E-state index in [1.54, 1.807) is 18.3 Å². The second-order valence-corrected chi connectivity index (χ2v) is 7.39. The van der Waals surface area contributed by atoms with E-state index in [9.17, 15) is 14.0 Å². The molecular weight excluding hydrogens is 401 g/mol. The number of aromatic nitrogens is 3. The van der Waals surface area contributed by atoms with Gasteiger partial charge in [0, 0.05) is 31.6 Å². The van der Waals surface area contributed by atoms with Crippen LogP contribution in [0.2, 0.25) is 0 Å². The number of H-pyrrole nitrogens is 1. The third kappa shape index (κ3) is 5.05. The molecule has 1 aromatic carbocycles. The Kier molecular flexibility index (Phi) is 6.51. The van der Waals surface area contributed by atoms with Crippen LogP contribution >= 0.6 is 0 Å². The zero-order valence-corrected chi connectivity index (χ0v) is 17.1. The number of pyridine rings is 1. The van der Waals surface area contributed by atoms with Crippen LogP contribution in [0.4, 0.5) is 10.2 Å². The van der Waals surface area contributed by atoms with Crippen LogP contribution in [0, 0.1) is 5.82 Å². The molecule has 162 valence electrons. The van der Waals surface area contributed by atoms with Gasteiger partial charge in [-0.15, -0.1) is 0 Å². The maximum Gasteiger partial charge on any atom is 0.272 e. The Bertz CT molecular complexity index is 1090. The Balaban J connectivity index is 1.19. The van der Waals surface area contributed by atoms with E-state index >= 15 is 0 Å². The molecule has 1 fully saturated rings. The minimum atomic E-state index is -0.358. The fraction of sp³-hybridized carbons (Fsp3) is 0.364. The molecule has 3 aromatic rings. The largest absolute Gasteiger partial charge is 0.381 e. The van der Waals surface area contributed by atoms with Crippen molar-refractivity contribution in [3.63, 3.8) is 0 Å². The van der Waals surface area contributed by atoms with Crippen molar-refractivity contribution in [1.82, 2.24) is 20.1 Å². The number of nitrogens with one attached hydrogen (secondary N) is 1. The van der Waals surface area contributed by atoms with Crippen molar-refractivity contribution in [3.8, 4) is 0 Å². The summed E-state index contributed by atoms with van der Waals surface area (Å²) in [6.07, 6.45) is 3.82. The molecule has 1 aliphatic heterocycles. The van der Waals surface area contributed by atoms with Gasteiger partial charge in [0.1, 0.15) is 11.6 Å². The Hall–Kier alpha value is -3.33. The highest BCUT2D eigenvalue weighted by molar-refractivity contribution is 5.83. The maximum absolute atomic E-state index is 13.0. The van der Waals surface area contributed by atoms with E-state index in [4.69, 9.17) is 4.74 Å². The molecule has 2 aromatic heterocycles. The van der Waals surface area contributed by atoms with Gasteiger partial charge in [-0.25, -0.2) is 14.5 Å². The summed E-state index contributed by atoms with van der Waals surface area (Å²) in [6, 6.07) is 8.61. The number of nitrogens with zero attached hydrogens (tertiary/aromatic N) is 4. The Morgan fingerprint density at radius 2 is 1.90 bits per heavy atom. The molecule has 0 saturated carbocycles. The standard InChI is InChI=1S/C22H24FN5O3/c23-17-4-5-20(24-14-17)27-8-10-28(11-9-27)21(29)7-13-31-12-6-16-2-1-3-18-19(16)15-25-26-22(18)30/h1-5,14-15H,6-13H2,(H,26,30). The number of ether oxygens (including phenoxy) is 1. The Morgan fingerprint density at radius 1 is 1.06 bits per heavy atom. The van der Waals surface area contributed by atoms with E-state index in [0.717, 1.165) is 16.8 Å². The monoisotopic (exact) mass is 425 g/mol. The summed E-state index contributed by atoms with van der Waals surface area (Å²) >= 11 is 0. The summed E-state index contributed by atoms with van der Waals surface area (Å²) < 4.78 is 18.7. The number of rotatable bonds is 7. The van der Waals surface area contributed by atoms with Gasteiger partial charge in [-0.1, -0.05) is 12.1 Å². The molecule has 8 nitrogen and oxygen atoms in total. The van der Waals surface area contributed by atoms with Gasteiger partial charge in [-0.3, -0.25) is 9.59 Å². The van der Waals surface area contributed by atoms with Crippen LogP contribution < -0.4 is 10.5 Å². The van der Waals surface area contributed by atoms with Crippen molar-refractivity contribution in [1.29, 1.82) is 0 Å². The first-order valence-corrected chi connectivity index (χ1v) is 10.3. The second-order valence-electron chi connectivity index (χ2n) is 7.39. The molecule has 1 aliphatic rings. The molecule has 0 unspecified atom stereocenters. The fourth-order valence-electron chi connectivity index (χ4n) is 3.74. The van der Waals surface area contributed by atoms with Crippen LogP contribution in [0.15, 0.2) is 47.5 Å². The van der Waals surface area contributed by atoms with Gasteiger partial charge in [0.05, 0.1) is 37.4 Å². The molecular formula is C22H24FN5O3. The molecule has 9 heteroatoms. The number of benzene rings is 1. The first-order chi connectivity index (χ1) is 15.1. The normalized spacial score (nSPS) is 14.2. The maximum atomic E-state index is 13.0. The molecule has 0 radical (unpaired) electrons. The molecule has 3 heterocycles. The highest BCUT2D eigenvalue weighted by Gasteiger charge is 2.21. The van der Waals surface area contributed by atoms with Gasteiger partial charge < -0.3 is 14.5 Å². The van der Waals surface area contributed by atoms with E-state index in [0.29, 0.717) is 57.6 Å². The lowest BCUT2D eigenvalue weighted by atomic mass is 10.1. The van der Waals surface area contributed by atoms with Crippen LogP contribution in [-0.2, 0) is 16.0 Å². The van der Waals surface area contributed by atoms with E-state index in [-0.39, 0.29) is 17.3 Å². The summed E-state index contributed by atoms with van der Waals surface area (Å²) in [5, 5.41) is 7.73. The quantitative estimate of drug-likeness (QED) is 0.580. The number of piperazine rings is 1. The molecule has 0 bridgehead atoms. The van der Waals surface area contributed by atoms with Gasteiger partial charge in [-0.2, -0.15) is 5.10 Å². The number of amides is 1. The van der Waals surface area contributed by atoms with Gasteiger partial charge in [0.25, 0.3) is 5.56 Å². The summed E-state index contributed by atoms with van der Waals surface area (Å²) in [4.78, 5) is 32.2. The van der Waals surface area contributed by atoms with Crippen molar-refractivity contribution < 1.29 is 13.9 Å². The number of anilines is 1. The number of carbonyl (C=O) groups is 1. The summed E-state index contributed by atoms with van der Waals surface area (Å²) in [6.45, 7) is 3.36. The van der Waals surface area contributed by atoms with Crippen LogP contribution in [0.1, 0.15) is 12.0 Å². The SMILES string of the molecule is O=C(CCOCCc1cccc2c(=O)[nH]ncc12)N1CCN(c2ccc(F)cn2)CC1. The number of fused-ring (bicyclic) bond motifs is 1. The zero-order chi connectivity index (χ0) is 21.6. The molecule has 31 heavy (non-hydrogen) atoms. The number of hydrogen-bond acceptors (Lipinski definition) is 6. The smallest absolute Gasteiger partial charge is 0.272 e. The van der Waals surface area contributed by atoms with E-state index < -0.39 is 0 Å². The van der Waals surface area contributed by atoms with Crippen molar-refractivity contribution in [2.75, 3.05) is 44.3 Å².